The fourth-order valence-electron chi connectivity index (χ4n) is 2.48. The number of primary sulfonamides is 1. The molecular weight excluding hydrogens is 290 g/mol. The number of nitrogens with two attached hydrogens (primary N) is 1. The first-order valence-electron chi connectivity index (χ1n) is 7.03. The van der Waals surface area contributed by atoms with E-state index in [4.69, 9.17) is 5.14 Å². The van der Waals surface area contributed by atoms with Gasteiger partial charge in [0.25, 0.3) is 5.91 Å². The van der Waals surface area contributed by atoms with Gasteiger partial charge < -0.3 is 10.6 Å². The smallest absolute Gasteiger partial charge is 0.251 e. The highest BCUT2D eigenvalue weighted by molar-refractivity contribution is 7.89. The molecule has 1 aliphatic heterocycles. The number of aryl methyl sites for hydroxylation is 1. The number of sulfonamides is 1. The van der Waals surface area contributed by atoms with Crippen LogP contribution in [0.15, 0.2) is 23.1 Å². The van der Waals surface area contributed by atoms with Crippen LogP contribution >= 0.6 is 0 Å². The van der Waals surface area contributed by atoms with Gasteiger partial charge in [-0.25, -0.2) is 13.6 Å². The van der Waals surface area contributed by atoms with E-state index in [1.807, 2.05) is 0 Å². The summed E-state index contributed by atoms with van der Waals surface area (Å²) in [5.74, 6) is -0.268. The monoisotopic (exact) mass is 311 g/mol. The summed E-state index contributed by atoms with van der Waals surface area (Å²) in [4.78, 5) is 12.1. The predicted octanol–water partition coefficient (Wildman–Crippen LogP) is 0.514. The third kappa shape index (κ3) is 4.26. The van der Waals surface area contributed by atoms with Gasteiger partial charge in [0.15, 0.2) is 0 Å². The molecule has 1 aromatic carbocycles. The van der Waals surface area contributed by atoms with E-state index >= 15 is 0 Å². The molecule has 0 radical (unpaired) electrons. The van der Waals surface area contributed by atoms with Crippen molar-refractivity contribution in [2.24, 2.45) is 5.14 Å². The highest BCUT2D eigenvalue weighted by Gasteiger charge is 2.16. The quantitative estimate of drug-likeness (QED) is 0.737. The molecule has 1 atom stereocenters. The van der Waals surface area contributed by atoms with Crippen LogP contribution in [0.2, 0.25) is 0 Å². The van der Waals surface area contributed by atoms with Gasteiger partial charge in [-0.05, 0) is 50.4 Å². The van der Waals surface area contributed by atoms with Crippen molar-refractivity contribution in [3.63, 3.8) is 0 Å². The highest BCUT2D eigenvalue weighted by atomic mass is 32.2. The predicted molar refractivity (Wildman–Crippen MR) is 80.5 cm³/mol. The molecule has 116 valence electrons. The minimum absolute atomic E-state index is 0.0456. The second-order valence-corrected chi connectivity index (χ2v) is 6.92. The van der Waals surface area contributed by atoms with Crippen LogP contribution in [0.4, 0.5) is 0 Å². The van der Waals surface area contributed by atoms with E-state index in [2.05, 4.69) is 10.6 Å². The van der Waals surface area contributed by atoms with Gasteiger partial charge in [0.2, 0.25) is 10.0 Å². The Hall–Kier alpha value is -1.44. The lowest BCUT2D eigenvalue weighted by Crippen LogP contribution is -2.31. The standard InChI is InChI=1S/C14H21N3O3S/c1-10-4-5-12(21(15,19)20)9-13(10)14(18)17-8-6-11-3-2-7-16-11/h4-5,9,11,16H,2-3,6-8H2,1H3,(H,17,18)(H2,15,19,20)/t11-/m0/s1. The Morgan fingerprint density at radius 1 is 1.48 bits per heavy atom. The third-order valence-corrected chi connectivity index (χ3v) is 4.63. The molecule has 0 unspecified atom stereocenters. The summed E-state index contributed by atoms with van der Waals surface area (Å²) in [6.45, 7) is 3.37. The first kappa shape index (κ1) is 15.9. The lowest BCUT2D eigenvalue weighted by molar-refractivity contribution is 0.0951. The minimum Gasteiger partial charge on any atom is -0.352 e. The van der Waals surface area contributed by atoms with Crippen LogP contribution in [0.25, 0.3) is 0 Å². The molecule has 0 aliphatic carbocycles. The molecule has 1 saturated heterocycles. The van der Waals surface area contributed by atoms with E-state index < -0.39 is 10.0 Å². The fraction of sp³-hybridized carbons (Fsp3) is 0.500. The van der Waals surface area contributed by atoms with E-state index in [1.165, 1.54) is 18.6 Å². The number of rotatable bonds is 5. The van der Waals surface area contributed by atoms with E-state index in [0.717, 1.165) is 24.9 Å². The Morgan fingerprint density at radius 3 is 2.86 bits per heavy atom. The first-order chi connectivity index (χ1) is 9.88. The van der Waals surface area contributed by atoms with Crippen molar-refractivity contribution >= 4 is 15.9 Å². The summed E-state index contributed by atoms with van der Waals surface area (Å²) in [6.07, 6.45) is 3.18. The maximum absolute atomic E-state index is 12.2. The van der Waals surface area contributed by atoms with E-state index in [9.17, 15) is 13.2 Å². The van der Waals surface area contributed by atoms with E-state index in [0.29, 0.717) is 18.2 Å². The molecule has 0 saturated carbocycles. The number of amides is 1. The van der Waals surface area contributed by atoms with Crippen molar-refractivity contribution < 1.29 is 13.2 Å². The average Bonchev–Trinajstić information content (AvgIpc) is 2.91. The molecule has 7 heteroatoms. The van der Waals surface area contributed by atoms with Crippen LogP contribution < -0.4 is 15.8 Å². The molecule has 1 aromatic rings. The SMILES string of the molecule is Cc1ccc(S(N)(=O)=O)cc1C(=O)NCC[C@@H]1CCCN1. The summed E-state index contributed by atoms with van der Waals surface area (Å²) >= 11 is 0. The maximum Gasteiger partial charge on any atom is 0.251 e. The molecule has 6 nitrogen and oxygen atoms in total. The van der Waals surface area contributed by atoms with Crippen LogP contribution in [-0.2, 0) is 10.0 Å². The second kappa shape index (κ2) is 6.55. The van der Waals surface area contributed by atoms with E-state index in [-0.39, 0.29) is 10.8 Å². The number of carbonyl (C=O) groups excluding carboxylic acids is 1. The van der Waals surface area contributed by atoms with Crippen LogP contribution in [-0.4, -0.2) is 33.5 Å². The Labute approximate surface area is 125 Å². The number of carbonyl (C=O) groups is 1. The Bertz CT molecular complexity index is 622. The molecule has 4 N–H and O–H groups in total. The topological polar surface area (TPSA) is 101 Å². The van der Waals surface area contributed by atoms with Gasteiger partial charge in [-0.3, -0.25) is 4.79 Å². The van der Waals surface area contributed by atoms with Crippen molar-refractivity contribution in [3.8, 4) is 0 Å². The molecule has 1 aliphatic rings. The third-order valence-electron chi connectivity index (χ3n) is 3.72. The second-order valence-electron chi connectivity index (χ2n) is 5.36. The molecular formula is C14H21N3O3S. The molecule has 0 bridgehead atoms. The highest BCUT2D eigenvalue weighted by Crippen LogP contribution is 2.14. The normalized spacial score (nSPS) is 18.7. The van der Waals surface area contributed by atoms with Crippen molar-refractivity contribution in [2.45, 2.75) is 37.1 Å². The lowest BCUT2D eigenvalue weighted by atomic mass is 10.1. The number of hydrogen-bond donors (Lipinski definition) is 3. The lowest BCUT2D eigenvalue weighted by Gasteiger charge is -2.12. The van der Waals surface area contributed by atoms with Crippen molar-refractivity contribution in [3.05, 3.63) is 29.3 Å². The first-order valence-corrected chi connectivity index (χ1v) is 8.57. The molecule has 2 rings (SSSR count). The fourth-order valence-corrected chi connectivity index (χ4v) is 3.02. The largest absolute Gasteiger partial charge is 0.352 e. The van der Waals surface area contributed by atoms with Crippen molar-refractivity contribution in [2.75, 3.05) is 13.1 Å². The van der Waals surface area contributed by atoms with Gasteiger partial charge in [0.05, 0.1) is 4.90 Å². The van der Waals surface area contributed by atoms with Crippen molar-refractivity contribution in [1.82, 2.24) is 10.6 Å². The van der Waals surface area contributed by atoms with Gasteiger partial charge in [0.1, 0.15) is 0 Å². The van der Waals surface area contributed by atoms with Gasteiger partial charge >= 0.3 is 0 Å². The van der Waals surface area contributed by atoms with Gasteiger partial charge in [-0.1, -0.05) is 6.07 Å². The minimum atomic E-state index is -3.80. The zero-order valence-corrected chi connectivity index (χ0v) is 12.9. The molecule has 0 aromatic heterocycles. The number of hydrogen-bond acceptors (Lipinski definition) is 4. The van der Waals surface area contributed by atoms with E-state index in [1.54, 1.807) is 13.0 Å². The summed E-state index contributed by atoms with van der Waals surface area (Å²) < 4.78 is 22.7. The summed E-state index contributed by atoms with van der Waals surface area (Å²) in [5, 5.41) is 11.3. The zero-order chi connectivity index (χ0) is 15.5. The van der Waals surface area contributed by atoms with Crippen molar-refractivity contribution in [1.29, 1.82) is 0 Å². The van der Waals surface area contributed by atoms with Crippen LogP contribution in [0.1, 0.15) is 35.2 Å². The molecule has 1 amide bonds. The summed E-state index contributed by atoms with van der Waals surface area (Å²) in [7, 11) is -3.80. The Morgan fingerprint density at radius 2 is 2.24 bits per heavy atom. The molecule has 21 heavy (non-hydrogen) atoms. The Balaban J connectivity index is 2.01. The van der Waals surface area contributed by atoms with Crippen LogP contribution in [0, 0.1) is 6.92 Å². The molecule has 1 heterocycles. The number of nitrogens with one attached hydrogen (secondary N) is 2. The van der Waals surface area contributed by atoms with Crippen LogP contribution in [0.3, 0.4) is 0 Å². The molecule has 0 spiro atoms. The zero-order valence-electron chi connectivity index (χ0n) is 12.1. The molecule has 1 fully saturated rings. The average molecular weight is 311 g/mol. The number of benzene rings is 1. The maximum atomic E-state index is 12.2. The van der Waals surface area contributed by atoms with Crippen LogP contribution in [0.5, 0.6) is 0 Å². The van der Waals surface area contributed by atoms with Gasteiger partial charge in [-0.2, -0.15) is 0 Å². The summed E-state index contributed by atoms with van der Waals surface area (Å²) in [5.41, 5.74) is 1.07. The Kier molecular flexibility index (Phi) is 4.97. The van der Waals surface area contributed by atoms with Gasteiger partial charge in [-0.15, -0.1) is 0 Å². The van der Waals surface area contributed by atoms with Gasteiger partial charge in [0, 0.05) is 18.2 Å². The summed E-state index contributed by atoms with van der Waals surface area (Å²) in [6, 6.07) is 4.78.